The summed E-state index contributed by atoms with van der Waals surface area (Å²) in [5.41, 5.74) is 0. The maximum absolute atomic E-state index is 11.9. The summed E-state index contributed by atoms with van der Waals surface area (Å²) < 4.78 is 0. The predicted molar refractivity (Wildman–Crippen MR) is 65.2 cm³/mol. The largest absolute Gasteiger partial charge is 0.396 e. The third-order valence-electron chi connectivity index (χ3n) is 3.56. The molecule has 0 aromatic carbocycles. The minimum absolute atomic E-state index is 0.195. The molecule has 1 amide bonds. The van der Waals surface area contributed by atoms with Crippen LogP contribution in [-0.2, 0) is 4.79 Å². The Morgan fingerprint density at radius 3 is 2.38 bits per heavy atom. The second-order valence-corrected chi connectivity index (χ2v) is 4.83. The van der Waals surface area contributed by atoms with Crippen LogP contribution in [0.2, 0.25) is 0 Å². The van der Waals surface area contributed by atoms with E-state index < -0.39 is 0 Å². The molecule has 0 radical (unpaired) electrons. The van der Waals surface area contributed by atoms with Crippen LogP contribution in [-0.4, -0.2) is 35.6 Å². The van der Waals surface area contributed by atoms with E-state index in [-0.39, 0.29) is 12.5 Å². The van der Waals surface area contributed by atoms with Gasteiger partial charge in [0.25, 0.3) is 0 Å². The van der Waals surface area contributed by atoms with Gasteiger partial charge in [0.15, 0.2) is 0 Å². The molecule has 0 bridgehead atoms. The first kappa shape index (κ1) is 13.5. The molecule has 0 aromatic heterocycles. The highest BCUT2D eigenvalue weighted by Crippen LogP contribution is 2.21. The molecule has 0 unspecified atom stereocenters. The molecular formula is C13H25NO2. The number of amides is 1. The molecule has 0 spiro atoms. The second kappa shape index (κ2) is 7.66. The van der Waals surface area contributed by atoms with Crippen molar-refractivity contribution in [2.24, 2.45) is 0 Å². The molecule has 3 nitrogen and oxygen atoms in total. The van der Waals surface area contributed by atoms with Crippen LogP contribution < -0.4 is 0 Å². The highest BCUT2D eigenvalue weighted by Gasteiger charge is 2.20. The molecule has 0 atom stereocenters. The van der Waals surface area contributed by atoms with Gasteiger partial charge in [-0.15, -0.1) is 0 Å². The molecule has 0 heterocycles. The predicted octanol–water partition coefficient (Wildman–Crippen LogP) is 2.33. The van der Waals surface area contributed by atoms with Crippen LogP contribution in [0.1, 0.15) is 57.8 Å². The number of hydrogen-bond acceptors (Lipinski definition) is 2. The van der Waals surface area contributed by atoms with Crippen molar-refractivity contribution >= 4 is 5.91 Å². The van der Waals surface area contributed by atoms with E-state index in [0.29, 0.717) is 12.5 Å². The Morgan fingerprint density at radius 2 is 1.81 bits per heavy atom. The molecular weight excluding hydrogens is 202 g/mol. The van der Waals surface area contributed by atoms with Crippen molar-refractivity contribution in [2.75, 3.05) is 13.7 Å². The number of nitrogens with zero attached hydrogens (tertiary/aromatic N) is 1. The van der Waals surface area contributed by atoms with Crippen molar-refractivity contribution in [3.8, 4) is 0 Å². The van der Waals surface area contributed by atoms with E-state index in [1.807, 2.05) is 11.9 Å². The van der Waals surface area contributed by atoms with Crippen LogP contribution in [0.25, 0.3) is 0 Å². The average molecular weight is 227 g/mol. The molecule has 16 heavy (non-hydrogen) atoms. The van der Waals surface area contributed by atoms with Gasteiger partial charge in [0, 0.05) is 26.1 Å². The molecule has 1 fully saturated rings. The first-order valence-electron chi connectivity index (χ1n) is 6.62. The maximum atomic E-state index is 11.9. The Kier molecular flexibility index (Phi) is 6.46. The van der Waals surface area contributed by atoms with Gasteiger partial charge in [-0.1, -0.05) is 25.7 Å². The maximum Gasteiger partial charge on any atom is 0.222 e. The molecule has 0 aliphatic heterocycles. The molecule has 1 aliphatic rings. The lowest BCUT2D eigenvalue weighted by Crippen LogP contribution is -2.36. The normalized spacial score (nSPS) is 18.1. The number of rotatable bonds is 5. The first-order chi connectivity index (χ1) is 7.75. The second-order valence-electron chi connectivity index (χ2n) is 4.83. The summed E-state index contributed by atoms with van der Waals surface area (Å²) in [6.45, 7) is 0.195. The van der Waals surface area contributed by atoms with Crippen molar-refractivity contribution in [1.82, 2.24) is 4.90 Å². The smallest absolute Gasteiger partial charge is 0.222 e. The summed E-state index contributed by atoms with van der Waals surface area (Å²) >= 11 is 0. The third-order valence-corrected chi connectivity index (χ3v) is 3.56. The van der Waals surface area contributed by atoms with Crippen LogP contribution in [0.3, 0.4) is 0 Å². The Hall–Kier alpha value is -0.570. The van der Waals surface area contributed by atoms with Gasteiger partial charge in [0.05, 0.1) is 0 Å². The van der Waals surface area contributed by atoms with Crippen molar-refractivity contribution in [3.63, 3.8) is 0 Å². The zero-order valence-electron chi connectivity index (χ0n) is 10.5. The zero-order chi connectivity index (χ0) is 11.8. The first-order valence-corrected chi connectivity index (χ1v) is 6.62. The van der Waals surface area contributed by atoms with Gasteiger partial charge in [-0.25, -0.2) is 0 Å². The van der Waals surface area contributed by atoms with E-state index in [9.17, 15) is 4.79 Å². The topological polar surface area (TPSA) is 40.5 Å². The van der Waals surface area contributed by atoms with Gasteiger partial charge in [-0.05, 0) is 25.7 Å². The van der Waals surface area contributed by atoms with Gasteiger partial charge in [0.1, 0.15) is 0 Å². The fourth-order valence-corrected chi connectivity index (χ4v) is 2.41. The van der Waals surface area contributed by atoms with Crippen molar-refractivity contribution < 1.29 is 9.90 Å². The SMILES string of the molecule is CN(C(=O)CCCCO)C1CCCCCC1. The quantitative estimate of drug-likeness (QED) is 0.578. The number of carbonyl (C=O) groups excluding carboxylic acids is 1. The lowest BCUT2D eigenvalue weighted by Gasteiger charge is -2.27. The van der Waals surface area contributed by atoms with E-state index in [0.717, 1.165) is 12.8 Å². The van der Waals surface area contributed by atoms with Crippen LogP contribution in [0, 0.1) is 0 Å². The lowest BCUT2D eigenvalue weighted by atomic mass is 10.1. The van der Waals surface area contributed by atoms with Crippen LogP contribution >= 0.6 is 0 Å². The summed E-state index contributed by atoms with van der Waals surface area (Å²) in [4.78, 5) is 13.8. The van der Waals surface area contributed by atoms with Crippen molar-refractivity contribution in [3.05, 3.63) is 0 Å². The number of carbonyl (C=O) groups is 1. The molecule has 0 aromatic rings. The monoisotopic (exact) mass is 227 g/mol. The number of unbranched alkanes of at least 4 members (excludes halogenated alkanes) is 1. The fourth-order valence-electron chi connectivity index (χ4n) is 2.41. The van der Waals surface area contributed by atoms with Gasteiger partial charge in [-0.2, -0.15) is 0 Å². The lowest BCUT2D eigenvalue weighted by molar-refractivity contribution is -0.132. The summed E-state index contributed by atoms with van der Waals surface area (Å²) in [5, 5.41) is 8.68. The molecule has 94 valence electrons. The van der Waals surface area contributed by atoms with Gasteiger partial charge >= 0.3 is 0 Å². The molecule has 1 N–H and O–H groups in total. The van der Waals surface area contributed by atoms with Crippen molar-refractivity contribution in [1.29, 1.82) is 0 Å². The molecule has 3 heteroatoms. The Bertz CT molecular complexity index is 198. The highest BCUT2D eigenvalue weighted by atomic mass is 16.3. The van der Waals surface area contributed by atoms with Gasteiger partial charge in [-0.3, -0.25) is 4.79 Å². The van der Waals surface area contributed by atoms with E-state index in [4.69, 9.17) is 5.11 Å². The minimum Gasteiger partial charge on any atom is -0.396 e. The van der Waals surface area contributed by atoms with Gasteiger partial charge < -0.3 is 10.0 Å². The zero-order valence-corrected chi connectivity index (χ0v) is 10.5. The average Bonchev–Trinajstić information content (AvgIpc) is 2.56. The Balaban J connectivity index is 2.30. The van der Waals surface area contributed by atoms with Crippen LogP contribution in [0.15, 0.2) is 0 Å². The van der Waals surface area contributed by atoms with Crippen molar-refractivity contribution in [2.45, 2.75) is 63.8 Å². The number of aliphatic hydroxyl groups excluding tert-OH is 1. The third kappa shape index (κ3) is 4.52. The summed E-state index contributed by atoms with van der Waals surface area (Å²) in [5.74, 6) is 0.250. The minimum atomic E-state index is 0.195. The van der Waals surface area contributed by atoms with E-state index in [1.54, 1.807) is 0 Å². The summed E-state index contributed by atoms with van der Waals surface area (Å²) in [7, 11) is 1.94. The van der Waals surface area contributed by atoms with E-state index in [1.165, 1.54) is 38.5 Å². The molecule has 1 saturated carbocycles. The molecule has 1 aliphatic carbocycles. The van der Waals surface area contributed by atoms with E-state index >= 15 is 0 Å². The Labute approximate surface area is 98.8 Å². The Morgan fingerprint density at radius 1 is 1.19 bits per heavy atom. The van der Waals surface area contributed by atoms with Crippen LogP contribution in [0.4, 0.5) is 0 Å². The standard InChI is InChI=1S/C13H25NO2/c1-14(13(16)10-6-7-11-15)12-8-4-2-3-5-9-12/h12,15H,2-11H2,1H3. The molecule has 1 rings (SSSR count). The highest BCUT2D eigenvalue weighted by molar-refractivity contribution is 5.76. The number of aliphatic hydroxyl groups is 1. The summed E-state index contributed by atoms with van der Waals surface area (Å²) in [6, 6.07) is 0.462. The fraction of sp³-hybridized carbons (Fsp3) is 0.923. The van der Waals surface area contributed by atoms with Gasteiger partial charge in [0.2, 0.25) is 5.91 Å². The number of hydrogen-bond donors (Lipinski definition) is 1. The molecule has 0 saturated heterocycles. The van der Waals surface area contributed by atoms with Crippen LogP contribution in [0.5, 0.6) is 0 Å². The summed E-state index contributed by atoms with van der Waals surface area (Å²) in [6.07, 6.45) is 9.65. The van der Waals surface area contributed by atoms with E-state index in [2.05, 4.69) is 0 Å².